The lowest BCUT2D eigenvalue weighted by Crippen LogP contribution is -2.22. The van der Waals surface area contributed by atoms with Gasteiger partial charge in [0, 0.05) is 11.3 Å². The Morgan fingerprint density at radius 1 is 1.57 bits per heavy atom. The molecule has 1 nitrogen and oxygen atoms in total. The van der Waals surface area contributed by atoms with Crippen molar-refractivity contribution in [1.82, 2.24) is 0 Å². The van der Waals surface area contributed by atoms with Crippen LogP contribution in [0.3, 0.4) is 0 Å². The molecule has 5 heteroatoms. The van der Waals surface area contributed by atoms with E-state index in [2.05, 4.69) is 0 Å². The minimum atomic E-state index is -4.34. The zero-order valence-corrected chi connectivity index (χ0v) is 8.28. The molecule has 0 fully saturated rings. The third-order valence-electron chi connectivity index (χ3n) is 1.77. The van der Waals surface area contributed by atoms with Crippen molar-refractivity contribution in [3.05, 3.63) is 22.4 Å². The van der Waals surface area contributed by atoms with Gasteiger partial charge in [0.2, 0.25) is 0 Å². The molecule has 14 heavy (non-hydrogen) atoms. The molecule has 78 valence electrons. The van der Waals surface area contributed by atoms with Crippen molar-refractivity contribution in [3.8, 4) is 0 Å². The van der Waals surface area contributed by atoms with Crippen LogP contribution in [0.1, 0.15) is 24.1 Å². The molecule has 0 saturated carbocycles. The summed E-state index contributed by atoms with van der Waals surface area (Å²) in [5.74, 6) is -2.08. The summed E-state index contributed by atoms with van der Waals surface area (Å²) in [6.45, 7) is 1.17. The summed E-state index contributed by atoms with van der Waals surface area (Å²) < 4.78 is 37.5. The van der Waals surface area contributed by atoms with Gasteiger partial charge >= 0.3 is 6.18 Å². The minimum absolute atomic E-state index is 0.202. The van der Waals surface area contributed by atoms with Gasteiger partial charge in [-0.05, 0) is 18.4 Å². The average molecular weight is 222 g/mol. The minimum Gasteiger partial charge on any atom is -0.300 e. The molecular formula is C9H9F3OS. The number of Topliss-reactive ketones (excluding diaryl/α,β-unsaturated/α-hetero) is 1. The molecule has 0 amide bonds. The van der Waals surface area contributed by atoms with E-state index in [0.29, 0.717) is 0 Å². The van der Waals surface area contributed by atoms with Crippen LogP contribution in [0, 0.1) is 0 Å². The number of hydrogen-bond donors (Lipinski definition) is 0. The Bertz CT molecular complexity index is 302. The summed E-state index contributed by atoms with van der Waals surface area (Å²) >= 11 is 1.03. The number of rotatable bonds is 3. The van der Waals surface area contributed by atoms with Crippen molar-refractivity contribution in [2.24, 2.45) is 0 Å². The average Bonchev–Trinajstić information content (AvgIpc) is 2.49. The summed E-state index contributed by atoms with van der Waals surface area (Å²) in [6.07, 6.45) is -4.81. The molecular weight excluding hydrogens is 213 g/mol. The normalized spacial score (nSPS) is 14.0. The predicted octanol–water partition coefficient (Wildman–Crippen LogP) is 3.37. The van der Waals surface area contributed by atoms with Gasteiger partial charge < -0.3 is 0 Å². The fourth-order valence-electron chi connectivity index (χ4n) is 1.15. The maximum absolute atomic E-state index is 12.5. The molecule has 1 aromatic rings. The summed E-state index contributed by atoms with van der Waals surface area (Å²) in [7, 11) is 0. The van der Waals surface area contributed by atoms with Crippen LogP contribution < -0.4 is 0 Å². The second-order valence-corrected chi connectivity index (χ2v) is 4.00. The zero-order valence-electron chi connectivity index (χ0n) is 7.47. The lowest BCUT2D eigenvalue weighted by atomic mass is 10.0. The molecule has 0 aliphatic heterocycles. The van der Waals surface area contributed by atoms with E-state index in [9.17, 15) is 18.0 Å². The monoisotopic (exact) mass is 222 g/mol. The van der Waals surface area contributed by atoms with Crippen LogP contribution in [0.5, 0.6) is 0 Å². The summed E-state index contributed by atoms with van der Waals surface area (Å²) in [6, 6.07) is 2.96. The standard InChI is InChI=1S/C9H9F3OS/c1-6(13)5-7(9(10,11)12)8-3-2-4-14-8/h2-4,7H,5H2,1H3. The predicted molar refractivity (Wildman–Crippen MR) is 48.4 cm³/mol. The first-order chi connectivity index (χ1) is 6.41. The Kier molecular flexibility index (Phi) is 3.31. The Morgan fingerprint density at radius 2 is 2.21 bits per heavy atom. The quantitative estimate of drug-likeness (QED) is 0.766. The van der Waals surface area contributed by atoms with E-state index in [4.69, 9.17) is 0 Å². The lowest BCUT2D eigenvalue weighted by molar-refractivity contribution is -0.155. The Morgan fingerprint density at radius 3 is 2.57 bits per heavy atom. The number of hydrogen-bond acceptors (Lipinski definition) is 2. The fourth-order valence-corrected chi connectivity index (χ4v) is 2.01. The molecule has 1 heterocycles. The largest absolute Gasteiger partial charge is 0.396 e. The highest BCUT2D eigenvalue weighted by Crippen LogP contribution is 2.39. The van der Waals surface area contributed by atoms with Gasteiger partial charge in [0.15, 0.2) is 0 Å². The molecule has 0 aliphatic carbocycles. The molecule has 0 N–H and O–H groups in total. The highest BCUT2D eigenvalue weighted by Gasteiger charge is 2.41. The number of alkyl halides is 3. The summed E-state index contributed by atoms with van der Waals surface area (Å²) in [5.41, 5.74) is 0. The van der Waals surface area contributed by atoms with Gasteiger partial charge in [0.1, 0.15) is 5.78 Å². The van der Waals surface area contributed by atoms with E-state index in [1.165, 1.54) is 13.0 Å². The lowest BCUT2D eigenvalue weighted by Gasteiger charge is -2.17. The number of carbonyl (C=O) groups excluding carboxylic acids is 1. The third-order valence-corrected chi connectivity index (χ3v) is 2.76. The van der Waals surface area contributed by atoms with Gasteiger partial charge in [-0.2, -0.15) is 13.2 Å². The number of halogens is 3. The van der Waals surface area contributed by atoms with Crippen molar-refractivity contribution in [2.45, 2.75) is 25.4 Å². The van der Waals surface area contributed by atoms with Gasteiger partial charge in [-0.1, -0.05) is 6.07 Å². The van der Waals surface area contributed by atoms with Crippen LogP contribution in [-0.2, 0) is 4.79 Å². The number of carbonyl (C=O) groups is 1. The topological polar surface area (TPSA) is 17.1 Å². The fraction of sp³-hybridized carbons (Fsp3) is 0.444. The highest BCUT2D eigenvalue weighted by atomic mass is 32.1. The summed E-state index contributed by atoms with van der Waals surface area (Å²) in [5, 5.41) is 1.58. The number of ketones is 1. The first-order valence-electron chi connectivity index (χ1n) is 4.01. The molecule has 0 spiro atoms. The van der Waals surface area contributed by atoms with Crippen molar-refractivity contribution in [2.75, 3.05) is 0 Å². The Labute approximate surface area is 83.6 Å². The van der Waals surface area contributed by atoms with Gasteiger partial charge in [0.25, 0.3) is 0 Å². The van der Waals surface area contributed by atoms with E-state index in [1.54, 1.807) is 11.4 Å². The molecule has 0 bridgehead atoms. The van der Waals surface area contributed by atoms with Crippen LogP contribution in [0.2, 0.25) is 0 Å². The van der Waals surface area contributed by atoms with Crippen LogP contribution in [0.4, 0.5) is 13.2 Å². The third kappa shape index (κ3) is 2.83. The van der Waals surface area contributed by atoms with E-state index >= 15 is 0 Å². The molecule has 1 aromatic heterocycles. The second kappa shape index (κ2) is 4.13. The molecule has 0 aromatic carbocycles. The van der Waals surface area contributed by atoms with E-state index < -0.39 is 24.3 Å². The van der Waals surface area contributed by atoms with Crippen molar-refractivity contribution in [1.29, 1.82) is 0 Å². The van der Waals surface area contributed by atoms with E-state index in [1.807, 2.05) is 0 Å². The van der Waals surface area contributed by atoms with Gasteiger partial charge in [0.05, 0.1) is 5.92 Å². The summed E-state index contributed by atoms with van der Waals surface area (Å²) in [4.78, 5) is 10.9. The maximum atomic E-state index is 12.5. The molecule has 1 rings (SSSR count). The molecule has 0 aliphatic rings. The van der Waals surface area contributed by atoms with Crippen molar-refractivity contribution in [3.63, 3.8) is 0 Å². The number of thiophene rings is 1. The van der Waals surface area contributed by atoms with Gasteiger partial charge in [-0.25, -0.2) is 0 Å². The van der Waals surface area contributed by atoms with Crippen LogP contribution in [0.15, 0.2) is 17.5 Å². The van der Waals surface area contributed by atoms with Crippen molar-refractivity contribution < 1.29 is 18.0 Å². The maximum Gasteiger partial charge on any atom is 0.396 e. The zero-order chi connectivity index (χ0) is 10.8. The van der Waals surface area contributed by atoms with E-state index in [0.717, 1.165) is 11.3 Å². The second-order valence-electron chi connectivity index (χ2n) is 3.02. The smallest absolute Gasteiger partial charge is 0.300 e. The van der Waals surface area contributed by atoms with Crippen molar-refractivity contribution >= 4 is 17.1 Å². The first-order valence-corrected chi connectivity index (χ1v) is 4.89. The Hall–Kier alpha value is -0.840. The first kappa shape index (κ1) is 11.2. The van der Waals surface area contributed by atoms with E-state index in [-0.39, 0.29) is 4.88 Å². The van der Waals surface area contributed by atoms with Crippen LogP contribution in [-0.4, -0.2) is 12.0 Å². The molecule has 0 saturated heterocycles. The SMILES string of the molecule is CC(=O)CC(c1cccs1)C(F)(F)F. The van der Waals surface area contributed by atoms with Crippen LogP contribution >= 0.6 is 11.3 Å². The Balaban J connectivity index is 2.89. The molecule has 1 unspecified atom stereocenters. The van der Waals surface area contributed by atoms with Gasteiger partial charge in [-0.3, -0.25) is 4.79 Å². The van der Waals surface area contributed by atoms with Gasteiger partial charge in [-0.15, -0.1) is 11.3 Å². The van der Waals surface area contributed by atoms with Crippen LogP contribution in [0.25, 0.3) is 0 Å². The highest BCUT2D eigenvalue weighted by molar-refractivity contribution is 7.10. The molecule has 1 atom stereocenters. The molecule has 0 radical (unpaired) electrons.